The Morgan fingerprint density at radius 1 is 1.00 bits per heavy atom. The van der Waals surface area contributed by atoms with Gasteiger partial charge in [-0.05, 0) is 12.1 Å². The van der Waals surface area contributed by atoms with Crippen molar-refractivity contribution in [1.29, 1.82) is 0 Å². The van der Waals surface area contributed by atoms with Crippen molar-refractivity contribution in [3.8, 4) is 17.2 Å². The van der Waals surface area contributed by atoms with Gasteiger partial charge in [0, 0.05) is 11.8 Å². The molecule has 2 heterocycles. The van der Waals surface area contributed by atoms with Gasteiger partial charge >= 0.3 is 0 Å². The lowest BCUT2D eigenvalue weighted by molar-refractivity contribution is 0.806. The molecular weight excluding hydrogens is 260 g/mol. The molecule has 0 bridgehead atoms. The Kier molecular flexibility index (Phi) is 3.25. The highest BCUT2D eigenvalue weighted by Gasteiger charge is 2.12. The van der Waals surface area contributed by atoms with Crippen molar-refractivity contribution in [2.24, 2.45) is 0 Å². The molecule has 0 saturated carbocycles. The fourth-order valence-corrected chi connectivity index (χ4v) is 1.98. The third-order valence-corrected chi connectivity index (χ3v) is 2.93. The summed E-state index contributed by atoms with van der Waals surface area (Å²) in [5.74, 6) is 2.34. The number of hydrogen-bond donors (Lipinski definition) is 0. The summed E-state index contributed by atoms with van der Waals surface area (Å²) in [6.07, 6.45) is 1.72. The lowest BCUT2D eigenvalue weighted by atomic mass is 10.2. The molecule has 0 radical (unpaired) electrons. The van der Waals surface area contributed by atoms with E-state index in [1.54, 1.807) is 10.9 Å². The van der Waals surface area contributed by atoms with Crippen LogP contribution in [0.3, 0.4) is 0 Å². The summed E-state index contributed by atoms with van der Waals surface area (Å²) in [5, 5.41) is 4.48. The maximum atomic E-state index is 5.93. The number of hydrogen-bond acceptors (Lipinski definition) is 3. The van der Waals surface area contributed by atoms with Gasteiger partial charge < -0.3 is 0 Å². The molecule has 0 atom stereocenters. The second-order valence-electron chi connectivity index (χ2n) is 3.95. The quantitative estimate of drug-likeness (QED) is 0.687. The van der Waals surface area contributed by atoms with E-state index in [-0.39, 0.29) is 5.88 Å². The van der Waals surface area contributed by atoms with Gasteiger partial charge in [-0.1, -0.05) is 36.4 Å². The molecule has 0 amide bonds. The molecule has 3 aromatic rings. The Balaban J connectivity index is 2.09. The van der Waals surface area contributed by atoms with Crippen LogP contribution in [0, 0.1) is 0 Å². The highest BCUT2D eigenvalue weighted by molar-refractivity contribution is 6.16. The fraction of sp³-hybridized carbons (Fsp3) is 0.0714. The van der Waals surface area contributed by atoms with Gasteiger partial charge in [-0.2, -0.15) is 4.68 Å². The minimum absolute atomic E-state index is 0.288. The molecule has 0 spiro atoms. The summed E-state index contributed by atoms with van der Waals surface area (Å²) in [4.78, 5) is 8.72. The minimum Gasteiger partial charge on any atom is -0.237 e. The molecule has 0 aliphatic carbocycles. The van der Waals surface area contributed by atoms with Crippen LogP contribution in [-0.4, -0.2) is 19.7 Å². The molecule has 0 aliphatic rings. The number of halogens is 1. The third-order valence-electron chi connectivity index (χ3n) is 2.69. The molecule has 5 heteroatoms. The molecule has 1 aromatic carbocycles. The van der Waals surface area contributed by atoms with E-state index in [0.717, 1.165) is 5.56 Å². The summed E-state index contributed by atoms with van der Waals surface area (Å²) < 4.78 is 1.68. The summed E-state index contributed by atoms with van der Waals surface area (Å²) in [6, 6.07) is 15.4. The summed E-state index contributed by atoms with van der Waals surface area (Å²) in [7, 11) is 0. The Labute approximate surface area is 115 Å². The second kappa shape index (κ2) is 5.20. The van der Waals surface area contributed by atoms with Crippen molar-refractivity contribution in [2.45, 2.75) is 5.88 Å². The van der Waals surface area contributed by atoms with E-state index in [1.807, 2.05) is 48.5 Å². The van der Waals surface area contributed by atoms with Crippen LogP contribution >= 0.6 is 11.6 Å². The van der Waals surface area contributed by atoms with Crippen LogP contribution in [0.25, 0.3) is 17.2 Å². The highest BCUT2D eigenvalue weighted by atomic mass is 35.5. The Morgan fingerprint density at radius 3 is 2.47 bits per heavy atom. The first-order chi connectivity index (χ1) is 9.38. The third kappa shape index (κ3) is 2.35. The van der Waals surface area contributed by atoms with Gasteiger partial charge in [-0.25, -0.2) is 9.97 Å². The predicted molar refractivity (Wildman–Crippen MR) is 74.1 cm³/mol. The van der Waals surface area contributed by atoms with Crippen molar-refractivity contribution in [3.63, 3.8) is 0 Å². The molecule has 3 rings (SSSR count). The van der Waals surface area contributed by atoms with E-state index in [4.69, 9.17) is 11.6 Å². The Hall–Kier alpha value is -2.20. The largest absolute Gasteiger partial charge is 0.237 e. The molecule has 0 saturated heterocycles. The van der Waals surface area contributed by atoms with E-state index in [2.05, 4.69) is 15.1 Å². The van der Waals surface area contributed by atoms with Crippen molar-refractivity contribution < 1.29 is 0 Å². The number of rotatable bonds is 3. The van der Waals surface area contributed by atoms with Gasteiger partial charge in [0.2, 0.25) is 0 Å². The van der Waals surface area contributed by atoms with Gasteiger partial charge in [-0.3, -0.25) is 0 Å². The van der Waals surface area contributed by atoms with Crippen molar-refractivity contribution in [2.75, 3.05) is 0 Å². The summed E-state index contributed by atoms with van der Waals surface area (Å²) >= 11 is 5.93. The van der Waals surface area contributed by atoms with Crippen molar-refractivity contribution in [1.82, 2.24) is 19.7 Å². The minimum atomic E-state index is 0.288. The first-order valence-electron chi connectivity index (χ1n) is 5.87. The molecule has 0 aliphatic heterocycles. The van der Waals surface area contributed by atoms with Crippen LogP contribution in [0.15, 0.2) is 54.7 Å². The first kappa shape index (κ1) is 11.9. The zero-order chi connectivity index (χ0) is 13.1. The number of pyridine rings is 1. The lowest BCUT2D eigenvalue weighted by Gasteiger charge is -2.00. The van der Waals surface area contributed by atoms with Crippen LogP contribution in [0.2, 0.25) is 0 Å². The molecule has 19 heavy (non-hydrogen) atoms. The predicted octanol–water partition coefficient (Wildman–Crippen LogP) is 3.07. The maximum absolute atomic E-state index is 5.93. The average molecular weight is 271 g/mol. The Morgan fingerprint density at radius 2 is 1.79 bits per heavy atom. The van der Waals surface area contributed by atoms with Crippen molar-refractivity contribution >= 4 is 11.6 Å². The lowest BCUT2D eigenvalue weighted by Crippen LogP contribution is -2.03. The van der Waals surface area contributed by atoms with Gasteiger partial charge in [0.25, 0.3) is 0 Å². The fourth-order valence-electron chi connectivity index (χ4n) is 1.80. The van der Waals surface area contributed by atoms with Gasteiger partial charge in [0.05, 0.1) is 5.88 Å². The standard InChI is InChI=1S/C14H11ClN4/c15-10-13-17-14(11-6-2-1-3-7-11)18-19(13)12-8-4-5-9-16-12/h1-9H,10H2. The van der Waals surface area contributed by atoms with Crippen molar-refractivity contribution in [3.05, 3.63) is 60.6 Å². The Bertz CT molecular complexity index is 664. The van der Waals surface area contributed by atoms with E-state index >= 15 is 0 Å². The van der Waals surface area contributed by atoms with Crippen LogP contribution in [0.5, 0.6) is 0 Å². The molecule has 94 valence electrons. The highest BCUT2D eigenvalue weighted by Crippen LogP contribution is 2.18. The smallest absolute Gasteiger partial charge is 0.181 e. The normalized spacial score (nSPS) is 10.6. The molecular formula is C14H11ClN4. The number of aromatic nitrogens is 4. The van der Waals surface area contributed by atoms with Gasteiger partial charge in [-0.15, -0.1) is 16.7 Å². The van der Waals surface area contributed by atoms with E-state index in [0.29, 0.717) is 17.5 Å². The van der Waals surface area contributed by atoms with Gasteiger partial charge in [0.1, 0.15) is 5.82 Å². The first-order valence-corrected chi connectivity index (χ1v) is 6.40. The maximum Gasteiger partial charge on any atom is 0.181 e. The zero-order valence-electron chi connectivity index (χ0n) is 10.1. The average Bonchev–Trinajstić information content (AvgIpc) is 2.93. The zero-order valence-corrected chi connectivity index (χ0v) is 10.8. The van der Waals surface area contributed by atoms with E-state index in [1.165, 1.54) is 0 Å². The molecule has 4 nitrogen and oxygen atoms in total. The summed E-state index contributed by atoms with van der Waals surface area (Å²) in [5.41, 5.74) is 0.962. The molecule has 0 unspecified atom stereocenters. The SMILES string of the molecule is ClCc1nc(-c2ccccc2)nn1-c1ccccn1. The molecule has 0 fully saturated rings. The number of benzene rings is 1. The molecule has 0 N–H and O–H groups in total. The monoisotopic (exact) mass is 270 g/mol. The van der Waals surface area contributed by atoms with Crippen LogP contribution < -0.4 is 0 Å². The van der Waals surface area contributed by atoms with Crippen LogP contribution in [0.4, 0.5) is 0 Å². The topological polar surface area (TPSA) is 43.6 Å². The van der Waals surface area contributed by atoms with Crippen LogP contribution in [0.1, 0.15) is 5.82 Å². The van der Waals surface area contributed by atoms with E-state index in [9.17, 15) is 0 Å². The molecule has 2 aromatic heterocycles. The second-order valence-corrected chi connectivity index (χ2v) is 4.22. The number of nitrogens with zero attached hydrogens (tertiary/aromatic N) is 4. The van der Waals surface area contributed by atoms with Crippen LogP contribution in [-0.2, 0) is 5.88 Å². The summed E-state index contributed by atoms with van der Waals surface area (Å²) in [6.45, 7) is 0. The number of alkyl halides is 1. The van der Waals surface area contributed by atoms with E-state index < -0.39 is 0 Å². The van der Waals surface area contributed by atoms with Gasteiger partial charge in [0.15, 0.2) is 11.6 Å².